The Hall–Kier alpha value is -5.66. The van der Waals surface area contributed by atoms with E-state index in [1.807, 2.05) is 0 Å². The van der Waals surface area contributed by atoms with Crippen LogP contribution in [0.4, 0.5) is 22.7 Å². The molecule has 2 heterocycles. The van der Waals surface area contributed by atoms with Crippen LogP contribution >= 0.6 is 0 Å². The molecule has 0 aliphatic heterocycles. The largest absolute Gasteiger partial charge is 0.328 e. The minimum atomic E-state index is -0.597. The molecule has 4 rings (SSSR count). The van der Waals surface area contributed by atoms with Gasteiger partial charge in [-0.1, -0.05) is 0 Å². The number of nitrogens with one attached hydrogen (secondary N) is 4. The van der Waals surface area contributed by atoms with Crippen LogP contribution in [0.1, 0.15) is 11.4 Å². The van der Waals surface area contributed by atoms with Gasteiger partial charge in [0.2, 0.25) is 11.8 Å². The summed E-state index contributed by atoms with van der Waals surface area (Å²) in [5.74, 6) is -0.799. The lowest BCUT2D eigenvalue weighted by atomic mass is 10.2. The summed E-state index contributed by atoms with van der Waals surface area (Å²) < 4.78 is 2.40. The molecule has 2 amide bonds. The highest BCUT2D eigenvalue weighted by atomic mass is 16.2. The standard InChI is InChI=1S/C26H24N8O6/c1-33-19(13-23(37)29-25(33)39)11-21(35)27-15-3-7-17(8-4-15)31-32-18-9-5-16(6-10-18)28-22(36)12-20-14-24(38)30-26(40)34(20)2/h3-10,13-14H,11-12H2,1-2H3,(H,27,35)(H,28,36)(H,29,37,39)(H,30,38,40)/b32-31+. The number of rotatable bonds is 8. The summed E-state index contributed by atoms with van der Waals surface area (Å²) in [6.45, 7) is 0. The van der Waals surface area contributed by atoms with Gasteiger partial charge in [0.15, 0.2) is 0 Å². The minimum absolute atomic E-state index is 0.153. The smallest absolute Gasteiger partial charge is 0.326 e. The van der Waals surface area contributed by atoms with Gasteiger partial charge in [-0.05, 0) is 48.5 Å². The van der Waals surface area contributed by atoms with Gasteiger partial charge >= 0.3 is 11.4 Å². The summed E-state index contributed by atoms with van der Waals surface area (Å²) in [6, 6.07) is 15.5. The number of carbonyl (C=O) groups excluding carboxylic acids is 2. The van der Waals surface area contributed by atoms with Crippen LogP contribution in [-0.4, -0.2) is 30.9 Å². The zero-order valence-electron chi connectivity index (χ0n) is 21.4. The van der Waals surface area contributed by atoms with Crippen molar-refractivity contribution in [1.82, 2.24) is 19.1 Å². The Balaban J connectivity index is 1.31. The van der Waals surface area contributed by atoms with Crippen molar-refractivity contribution < 1.29 is 9.59 Å². The van der Waals surface area contributed by atoms with Crippen molar-refractivity contribution in [3.05, 3.63) is 114 Å². The van der Waals surface area contributed by atoms with Crippen molar-refractivity contribution in [2.75, 3.05) is 10.6 Å². The third-order valence-electron chi connectivity index (χ3n) is 5.79. The van der Waals surface area contributed by atoms with E-state index in [0.29, 0.717) is 22.7 Å². The molecular formula is C26H24N8O6. The normalized spacial score (nSPS) is 10.9. The average Bonchev–Trinajstić information content (AvgIpc) is 2.90. The number of azo groups is 1. The maximum absolute atomic E-state index is 12.3. The molecule has 40 heavy (non-hydrogen) atoms. The molecule has 2 aromatic carbocycles. The fourth-order valence-corrected chi connectivity index (χ4v) is 3.62. The molecule has 0 saturated heterocycles. The zero-order valence-corrected chi connectivity index (χ0v) is 21.4. The second kappa shape index (κ2) is 11.8. The predicted octanol–water partition coefficient (Wildman–Crippen LogP) is 1.24. The number of carbonyl (C=O) groups is 2. The first kappa shape index (κ1) is 27.4. The van der Waals surface area contributed by atoms with E-state index in [1.165, 1.54) is 35.4 Å². The number of hydrogen-bond acceptors (Lipinski definition) is 8. The van der Waals surface area contributed by atoms with Gasteiger partial charge in [-0.2, -0.15) is 10.2 Å². The number of aromatic amines is 2. The van der Waals surface area contributed by atoms with Crippen molar-refractivity contribution in [1.29, 1.82) is 0 Å². The van der Waals surface area contributed by atoms with E-state index in [-0.39, 0.29) is 24.2 Å². The molecule has 14 nitrogen and oxygen atoms in total. The van der Waals surface area contributed by atoms with Crippen LogP contribution in [0.25, 0.3) is 0 Å². The van der Waals surface area contributed by atoms with E-state index in [9.17, 15) is 28.8 Å². The molecular weight excluding hydrogens is 520 g/mol. The molecule has 0 unspecified atom stereocenters. The lowest BCUT2D eigenvalue weighted by molar-refractivity contribution is -0.116. The van der Waals surface area contributed by atoms with Gasteiger partial charge in [0.05, 0.1) is 24.2 Å². The fourth-order valence-electron chi connectivity index (χ4n) is 3.62. The van der Waals surface area contributed by atoms with E-state index >= 15 is 0 Å². The van der Waals surface area contributed by atoms with Crippen LogP contribution in [0.5, 0.6) is 0 Å². The van der Waals surface area contributed by atoms with E-state index < -0.39 is 34.3 Å². The number of aromatic nitrogens is 4. The Morgan fingerprint density at radius 1 is 0.650 bits per heavy atom. The number of hydrogen-bond donors (Lipinski definition) is 4. The van der Waals surface area contributed by atoms with Crippen molar-refractivity contribution >= 4 is 34.6 Å². The zero-order chi connectivity index (χ0) is 28.8. The molecule has 0 radical (unpaired) electrons. The van der Waals surface area contributed by atoms with E-state index in [1.54, 1.807) is 48.5 Å². The molecule has 4 aromatic rings. The second-order valence-electron chi connectivity index (χ2n) is 8.72. The van der Waals surface area contributed by atoms with E-state index in [2.05, 4.69) is 30.8 Å². The molecule has 0 atom stereocenters. The SMILES string of the molecule is Cn1c(CC(=O)Nc2ccc(/N=N/c3ccc(NC(=O)Cc4cc(=O)[nH]c(=O)n4C)cc3)cc2)cc(=O)[nH]c1=O. The Bertz CT molecular complexity index is 1690. The fraction of sp³-hybridized carbons (Fsp3) is 0.154. The third-order valence-corrected chi connectivity index (χ3v) is 5.79. The second-order valence-corrected chi connectivity index (χ2v) is 8.72. The summed E-state index contributed by atoms with van der Waals surface area (Å²) in [5, 5.41) is 13.7. The lowest BCUT2D eigenvalue weighted by Crippen LogP contribution is -2.31. The Morgan fingerprint density at radius 2 is 1.00 bits per heavy atom. The van der Waals surface area contributed by atoms with Crippen molar-refractivity contribution in [2.24, 2.45) is 24.3 Å². The Morgan fingerprint density at radius 3 is 1.35 bits per heavy atom. The van der Waals surface area contributed by atoms with E-state index in [4.69, 9.17) is 0 Å². The predicted molar refractivity (Wildman–Crippen MR) is 146 cm³/mol. The molecule has 204 valence electrons. The lowest BCUT2D eigenvalue weighted by Gasteiger charge is -2.08. The van der Waals surface area contributed by atoms with Gasteiger partial charge in [-0.25, -0.2) is 9.59 Å². The Labute approximate surface area is 225 Å². The Kier molecular flexibility index (Phi) is 8.08. The molecule has 0 spiro atoms. The highest BCUT2D eigenvalue weighted by Gasteiger charge is 2.10. The van der Waals surface area contributed by atoms with Crippen LogP contribution in [0, 0.1) is 0 Å². The number of benzene rings is 2. The molecule has 4 N–H and O–H groups in total. The van der Waals surface area contributed by atoms with Gasteiger partial charge in [-0.15, -0.1) is 0 Å². The van der Waals surface area contributed by atoms with Gasteiger partial charge in [0.25, 0.3) is 11.1 Å². The number of amides is 2. The van der Waals surface area contributed by atoms with Crippen LogP contribution in [0.3, 0.4) is 0 Å². The number of nitrogens with zero attached hydrogens (tertiary/aromatic N) is 4. The van der Waals surface area contributed by atoms with Crippen molar-refractivity contribution in [2.45, 2.75) is 12.8 Å². The molecule has 0 aliphatic carbocycles. The molecule has 0 bridgehead atoms. The number of H-pyrrole nitrogens is 2. The maximum atomic E-state index is 12.3. The van der Waals surface area contributed by atoms with Crippen LogP contribution in [0.2, 0.25) is 0 Å². The highest BCUT2D eigenvalue weighted by Crippen LogP contribution is 2.22. The third kappa shape index (κ3) is 7.00. The van der Waals surface area contributed by atoms with E-state index in [0.717, 1.165) is 0 Å². The molecule has 2 aromatic heterocycles. The first-order valence-corrected chi connectivity index (χ1v) is 11.9. The van der Waals surface area contributed by atoms with Crippen LogP contribution < -0.4 is 33.1 Å². The van der Waals surface area contributed by atoms with Gasteiger partial charge < -0.3 is 19.8 Å². The maximum Gasteiger partial charge on any atom is 0.328 e. The average molecular weight is 545 g/mol. The summed E-state index contributed by atoms with van der Waals surface area (Å²) in [6.07, 6.45) is -0.307. The van der Waals surface area contributed by atoms with Crippen LogP contribution in [0.15, 0.2) is 90.1 Å². The molecule has 14 heteroatoms. The summed E-state index contributed by atoms with van der Waals surface area (Å²) in [4.78, 5) is 75.3. The van der Waals surface area contributed by atoms with Crippen molar-refractivity contribution in [3.63, 3.8) is 0 Å². The van der Waals surface area contributed by atoms with Gasteiger partial charge in [0, 0.05) is 49.0 Å². The van der Waals surface area contributed by atoms with Gasteiger partial charge in [0.1, 0.15) is 0 Å². The van der Waals surface area contributed by atoms with Gasteiger partial charge in [-0.3, -0.25) is 29.1 Å². The highest BCUT2D eigenvalue weighted by molar-refractivity contribution is 5.92. The number of anilines is 2. The summed E-state index contributed by atoms with van der Waals surface area (Å²) in [5.41, 5.74) is 0.265. The molecule has 0 aliphatic rings. The quantitative estimate of drug-likeness (QED) is 0.241. The minimum Gasteiger partial charge on any atom is -0.326 e. The summed E-state index contributed by atoms with van der Waals surface area (Å²) in [7, 11) is 2.93. The van der Waals surface area contributed by atoms with Crippen molar-refractivity contribution in [3.8, 4) is 0 Å². The first-order chi connectivity index (χ1) is 19.1. The topological polar surface area (TPSA) is 193 Å². The first-order valence-electron chi connectivity index (χ1n) is 11.9. The van der Waals surface area contributed by atoms with Crippen LogP contribution in [-0.2, 0) is 36.5 Å². The summed E-state index contributed by atoms with van der Waals surface area (Å²) >= 11 is 0. The monoisotopic (exact) mass is 544 g/mol. The molecule has 0 fully saturated rings. The molecule has 0 saturated carbocycles.